The van der Waals surface area contributed by atoms with Crippen LogP contribution in [0, 0.1) is 6.92 Å². The average molecular weight is 444 g/mol. The molecule has 0 aliphatic heterocycles. The molecule has 0 saturated heterocycles. The van der Waals surface area contributed by atoms with Crippen LogP contribution < -0.4 is 4.90 Å². The van der Waals surface area contributed by atoms with Gasteiger partial charge in [-0.3, -0.25) is 0 Å². The summed E-state index contributed by atoms with van der Waals surface area (Å²) >= 11 is 0. The molecule has 3 nitrogen and oxygen atoms in total. The largest absolute Gasteiger partial charge is 0.361 e. The molecule has 0 spiro atoms. The first-order chi connectivity index (χ1) is 16.6. The highest BCUT2D eigenvalue weighted by molar-refractivity contribution is 5.86. The Hall–Kier alpha value is -3.98. The summed E-state index contributed by atoms with van der Waals surface area (Å²) in [5.74, 6) is 0. The lowest BCUT2D eigenvalue weighted by molar-refractivity contribution is 0.885. The van der Waals surface area contributed by atoms with Gasteiger partial charge in [-0.2, -0.15) is 0 Å². The predicted molar refractivity (Wildman–Crippen MR) is 145 cm³/mol. The van der Waals surface area contributed by atoms with Crippen molar-refractivity contribution in [3.8, 4) is 11.1 Å². The molecule has 0 radical (unpaired) electrons. The quantitative estimate of drug-likeness (QED) is 0.288. The van der Waals surface area contributed by atoms with E-state index in [2.05, 4.69) is 109 Å². The van der Waals surface area contributed by atoms with Gasteiger partial charge >= 0.3 is 0 Å². The molecule has 34 heavy (non-hydrogen) atoms. The van der Waals surface area contributed by atoms with Gasteiger partial charge in [0.1, 0.15) is 0 Å². The Kier molecular flexibility index (Phi) is 4.91. The summed E-state index contributed by atoms with van der Waals surface area (Å²) in [4.78, 5) is 8.95. The van der Waals surface area contributed by atoms with E-state index in [-0.39, 0.29) is 0 Å². The Morgan fingerprint density at radius 1 is 0.676 bits per heavy atom. The molecular formula is C31H29N3. The van der Waals surface area contributed by atoms with Gasteiger partial charge in [0, 0.05) is 41.9 Å². The van der Waals surface area contributed by atoms with E-state index in [0.29, 0.717) is 0 Å². The van der Waals surface area contributed by atoms with E-state index in [1.807, 2.05) is 12.4 Å². The number of hydrogen-bond donors (Lipinski definition) is 2. The second-order valence-corrected chi connectivity index (χ2v) is 9.42. The van der Waals surface area contributed by atoms with E-state index >= 15 is 0 Å². The van der Waals surface area contributed by atoms with E-state index in [9.17, 15) is 0 Å². The molecule has 168 valence electrons. The van der Waals surface area contributed by atoms with E-state index in [4.69, 9.17) is 0 Å². The normalized spacial score (nSPS) is 14.1. The lowest BCUT2D eigenvalue weighted by atomic mass is 9.91. The van der Waals surface area contributed by atoms with Crippen LogP contribution in [0.25, 0.3) is 38.5 Å². The highest BCUT2D eigenvalue weighted by Crippen LogP contribution is 2.36. The maximum absolute atomic E-state index is 3.29. The van der Waals surface area contributed by atoms with E-state index < -0.39 is 0 Å². The zero-order chi connectivity index (χ0) is 23.2. The lowest BCUT2D eigenvalue weighted by Gasteiger charge is -2.29. The fourth-order valence-electron chi connectivity index (χ4n) is 5.37. The third kappa shape index (κ3) is 3.54. The number of hydrogen-bond acceptors (Lipinski definition) is 1. The molecule has 6 rings (SSSR count). The number of benzene rings is 3. The Morgan fingerprint density at radius 2 is 1.29 bits per heavy atom. The number of aromatic nitrogens is 2. The molecule has 2 heterocycles. The summed E-state index contributed by atoms with van der Waals surface area (Å²) < 4.78 is 0. The monoisotopic (exact) mass is 443 g/mol. The highest BCUT2D eigenvalue weighted by Gasteiger charge is 2.18. The molecule has 0 unspecified atom stereocenters. The number of nitrogens with one attached hydrogen (secondary N) is 2. The van der Waals surface area contributed by atoms with Crippen molar-refractivity contribution >= 4 is 33.1 Å². The summed E-state index contributed by atoms with van der Waals surface area (Å²) in [6.07, 6.45) is 8.48. The topological polar surface area (TPSA) is 34.8 Å². The highest BCUT2D eigenvalue weighted by atomic mass is 15.1. The van der Waals surface area contributed by atoms with E-state index in [1.165, 1.54) is 66.6 Å². The van der Waals surface area contributed by atoms with Crippen molar-refractivity contribution in [2.75, 3.05) is 11.9 Å². The number of rotatable bonds is 4. The van der Waals surface area contributed by atoms with E-state index in [1.54, 1.807) is 0 Å². The zero-order valence-corrected chi connectivity index (χ0v) is 19.9. The summed E-state index contributed by atoms with van der Waals surface area (Å²) in [6.45, 7) is 4.46. The zero-order valence-electron chi connectivity index (χ0n) is 19.9. The number of aromatic amines is 2. The second kappa shape index (κ2) is 8.11. The van der Waals surface area contributed by atoms with Crippen molar-refractivity contribution in [3.63, 3.8) is 0 Å². The van der Waals surface area contributed by atoms with Crippen molar-refractivity contribution in [1.82, 2.24) is 9.97 Å². The van der Waals surface area contributed by atoms with Crippen molar-refractivity contribution in [3.05, 3.63) is 108 Å². The first kappa shape index (κ1) is 20.6. The Labute approximate surface area is 200 Å². The fourth-order valence-corrected chi connectivity index (χ4v) is 5.37. The summed E-state index contributed by atoms with van der Waals surface area (Å²) in [7, 11) is 2.21. The first-order valence-electron chi connectivity index (χ1n) is 12.0. The second-order valence-electron chi connectivity index (χ2n) is 9.42. The molecule has 1 aliphatic rings. The number of H-pyrrole nitrogens is 2. The smallest absolute Gasteiger partial charge is 0.0454 e. The molecule has 2 aromatic heterocycles. The van der Waals surface area contributed by atoms with Crippen LogP contribution in [0.4, 0.5) is 5.69 Å². The fraction of sp³-hybridized carbons (Fsp3) is 0.161. The minimum absolute atomic E-state index is 1.05. The van der Waals surface area contributed by atoms with Crippen molar-refractivity contribution in [1.29, 1.82) is 0 Å². The molecule has 0 saturated carbocycles. The SMILES string of the molecule is CC1=C(N(C)c2ccc(-c3ccc4[nH]ccc4c3)cc2C)CCC(c2ccc3[nH]ccc3c2)=C1. The van der Waals surface area contributed by atoms with Gasteiger partial charge in [-0.1, -0.05) is 24.3 Å². The van der Waals surface area contributed by atoms with Crippen LogP contribution in [-0.2, 0) is 0 Å². The van der Waals surface area contributed by atoms with Gasteiger partial charge in [0.2, 0.25) is 0 Å². The third-order valence-electron chi connectivity index (χ3n) is 7.25. The Balaban J connectivity index is 1.29. The molecule has 5 aromatic rings. The maximum Gasteiger partial charge on any atom is 0.0454 e. The van der Waals surface area contributed by atoms with Gasteiger partial charge in [-0.15, -0.1) is 0 Å². The molecule has 0 fully saturated rings. The van der Waals surface area contributed by atoms with Gasteiger partial charge < -0.3 is 14.9 Å². The predicted octanol–water partition coefficient (Wildman–Crippen LogP) is 8.21. The number of aryl methyl sites for hydroxylation is 1. The molecule has 0 atom stereocenters. The van der Waals surface area contributed by atoms with Crippen LogP contribution in [0.3, 0.4) is 0 Å². The van der Waals surface area contributed by atoms with Crippen molar-refractivity contribution in [2.45, 2.75) is 26.7 Å². The number of fused-ring (bicyclic) bond motifs is 2. The van der Waals surface area contributed by atoms with Crippen molar-refractivity contribution in [2.24, 2.45) is 0 Å². The molecule has 0 bridgehead atoms. The number of anilines is 1. The van der Waals surface area contributed by atoms with Crippen LogP contribution in [0.15, 0.2) is 96.5 Å². The minimum atomic E-state index is 1.05. The molecule has 3 aromatic carbocycles. The molecule has 1 aliphatic carbocycles. The van der Waals surface area contributed by atoms with Crippen LogP contribution in [0.2, 0.25) is 0 Å². The molecule has 2 N–H and O–H groups in total. The lowest BCUT2D eigenvalue weighted by Crippen LogP contribution is -2.20. The Bertz CT molecular complexity index is 1590. The minimum Gasteiger partial charge on any atom is -0.361 e. The summed E-state index contributed by atoms with van der Waals surface area (Å²) in [6, 6.07) is 24.4. The average Bonchev–Trinajstić information content (AvgIpc) is 3.52. The van der Waals surface area contributed by atoms with Crippen LogP contribution in [0.5, 0.6) is 0 Å². The van der Waals surface area contributed by atoms with Gasteiger partial charge in [0.25, 0.3) is 0 Å². The van der Waals surface area contributed by atoms with Gasteiger partial charge in [0.05, 0.1) is 0 Å². The molecule has 3 heteroatoms. The maximum atomic E-state index is 3.29. The van der Waals surface area contributed by atoms with Crippen LogP contribution >= 0.6 is 0 Å². The van der Waals surface area contributed by atoms with Crippen molar-refractivity contribution < 1.29 is 0 Å². The van der Waals surface area contributed by atoms with Crippen LogP contribution in [0.1, 0.15) is 30.9 Å². The number of allylic oxidation sites excluding steroid dienone is 4. The summed E-state index contributed by atoms with van der Waals surface area (Å²) in [5, 5.41) is 2.52. The number of nitrogens with zero attached hydrogens (tertiary/aromatic N) is 1. The van der Waals surface area contributed by atoms with Gasteiger partial charge in [0.15, 0.2) is 0 Å². The molecular weight excluding hydrogens is 414 g/mol. The van der Waals surface area contributed by atoms with Crippen LogP contribution in [-0.4, -0.2) is 17.0 Å². The summed E-state index contributed by atoms with van der Waals surface area (Å²) in [5.41, 5.74) is 12.9. The Morgan fingerprint density at radius 3 is 1.97 bits per heavy atom. The van der Waals surface area contributed by atoms with Gasteiger partial charge in [-0.25, -0.2) is 0 Å². The van der Waals surface area contributed by atoms with Gasteiger partial charge in [-0.05, 0) is 119 Å². The molecule has 0 amide bonds. The first-order valence-corrected chi connectivity index (χ1v) is 12.0. The van der Waals surface area contributed by atoms with E-state index in [0.717, 1.165) is 12.8 Å². The standard InChI is InChI=1S/C31H29N3/c1-20-16-22(24-4-8-28-26(18-24)12-14-32-28)6-10-30(20)34(3)31-11-7-23(17-21(31)2)25-5-9-29-27(19-25)13-15-33-29/h4-6,8-10,12-19,32-33H,7,11H2,1-3H3. The third-order valence-corrected chi connectivity index (χ3v) is 7.25.